The first-order valence-electron chi connectivity index (χ1n) is 6.31. The highest BCUT2D eigenvalue weighted by molar-refractivity contribution is 5.01. The highest BCUT2D eigenvalue weighted by atomic mass is 19.4. The summed E-state index contributed by atoms with van der Waals surface area (Å²) in [4.78, 5) is 0. The van der Waals surface area contributed by atoms with E-state index < -0.39 is 17.7 Å². The quantitative estimate of drug-likeness (QED) is 0.796. The zero-order chi connectivity index (χ0) is 13.5. The third-order valence-electron chi connectivity index (χ3n) is 4.02. The third-order valence-corrected chi connectivity index (χ3v) is 4.02. The maximum absolute atomic E-state index is 13.0. The van der Waals surface area contributed by atoms with Gasteiger partial charge in [0.2, 0.25) is 0 Å². The van der Waals surface area contributed by atoms with E-state index in [1.54, 1.807) is 0 Å². The van der Waals surface area contributed by atoms with Crippen molar-refractivity contribution in [2.75, 3.05) is 0 Å². The van der Waals surface area contributed by atoms with Gasteiger partial charge in [-0.3, -0.25) is 0 Å². The summed E-state index contributed by atoms with van der Waals surface area (Å²) in [5.74, 6) is -0.700. The summed E-state index contributed by atoms with van der Waals surface area (Å²) in [6.45, 7) is 7.69. The molecular weight excluding hydrogens is 229 g/mol. The lowest BCUT2D eigenvalue weighted by Gasteiger charge is -2.39. The van der Waals surface area contributed by atoms with Gasteiger partial charge >= 0.3 is 6.18 Å². The van der Waals surface area contributed by atoms with Crippen LogP contribution in [0.15, 0.2) is 0 Å². The van der Waals surface area contributed by atoms with E-state index in [0.29, 0.717) is 19.3 Å². The second-order valence-corrected chi connectivity index (χ2v) is 6.37. The minimum atomic E-state index is -4.51. The number of hydrogen-bond acceptors (Lipinski definition) is 1. The molecule has 0 aromatic carbocycles. The lowest BCUT2D eigenvalue weighted by atomic mass is 9.72. The van der Waals surface area contributed by atoms with Gasteiger partial charge in [0.25, 0.3) is 0 Å². The summed E-state index contributed by atoms with van der Waals surface area (Å²) >= 11 is 0. The fourth-order valence-corrected chi connectivity index (χ4v) is 2.51. The molecule has 1 N–H and O–H groups in total. The number of hydrogen-bond donors (Lipinski definition) is 1. The average Bonchev–Trinajstić information content (AvgIpc) is 2.92. The molecule has 0 radical (unpaired) electrons. The Morgan fingerprint density at radius 3 is 1.88 bits per heavy atom. The van der Waals surface area contributed by atoms with E-state index >= 15 is 0 Å². The first-order chi connectivity index (χ1) is 7.52. The van der Waals surface area contributed by atoms with Crippen LogP contribution in [0, 0.1) is 17.3 Å². The zero-order valence-electron chi connectivity index (χ0n) is 11.1. The van der Waals surface area contributed by atoms with Crippen LogP contribution in [0.25, 0.3) is 0 Å². The maximum atomic E-state index is 13.0. The molecule has 102 valence electrons. The molecule has 1 aliphatic carbocycles. The van der Waals surface area contributed by atoms with Crippen LogP contribution >= 0.6 is 0 Å². The smallest absolute Gasteiger partial charge is 0.380 e. The van der Waals surface area contributed by atoms with Gasteiger partial charge in [0.05, 0.1) is 0 Å². The van der Waals surface area contributed by atoms with E-state index in [1.165, 1.54) is 0 Å². The van der Waals surface area contributed by atoms with Crippen molar-refractivity contribution in [2.45, 2.75) is 65.2 Å². The molecule has 1 saturated carbocycles. The number of aliphatic hydroxyl groups is 1. The molecule has 1 rings (SSSR count). The molecule has 2 unspecified atom stereocenters. The fraction of sp³-hybridized carbons (Fsp3) is 1.00. The van der Waals surface area contributed by atoms with Gasteiger partial charge in [-0.15, -0.1) is 0 Å². The van der Waals surface area contributed by atoms with Crippen LogP contribution < -0.4 is 0 Å². The molecule has 4 heteroatoms. The lowest BCUT2D eigenvalue weighted by Crippen LogP contribution is -2.49. The van der Waals surface area contributed by atoms with Crippen molar-refractivity contribution in [1.29, 1.82) is 0 Å². The van der Waals surface area contributed by atoms with Gasteiger partial charge in [-0.05, 0) is 36.5 Å². The second kappa shape index (κ2) is 4.45. The summed E-state index contributed by atoms with van der Waals surface area (Å²) < 4.78 is 39.1. The normalized spacial score (nSPS) is 23.3. The predicted molar refractivity (Wildman–Crippen MR) is 61.6 cm³/mol. The molecule has 0 bridgehead atoms. The first-order valence-corrected chi connectivity index (χ1v) is 6.31. The molecule has 0 aliphatic heterocycles. The van der Waals surface area contributed by atoms with E-state index in [0.717, 1.165) is 0 Å². The molecule has 0 saturated heterocycles. The second-order valence-electron chi connectivity index (χ2n) is 6.37. The molecule has 2 atom stereocenters. The van der Waals surface area contributed by atoms with Gasteiger partial charge in [-0.25, -0.2) is 0 Å². The van der Waals surface area contributed by atoms with Crippen LogP contribution in [0.1, 0.15) is 53.4 Å². The molecular formula is C13H23F3O. The Morgan fingerprint density at radius 2 is 1.65 bits per heavy atom. The zero-order valence-corrected chi connectivity index (χ0v) is 11.1. The van der Waals surface area contributed by atoms with E-state index in [2.05, 4.69) is 0 Å². The van der Waals surface area contributed by atoms with Gasteiger partial charge in [0, 0.05) is 0 Å². The fourth-order valence-electron chi connectivity index (χ4n) is 2.51. The predicted octanol–water partition coefficient (Wildman–Crippen LogP) is 4.15. The van der Waals surface area contributed by atoms with Crippen molar-refractivity contribution in [1.82, 2.24) is 0 Å². The molecule has 0 amide bonds. The Hall–Kier alpha value is -0.250. The SMILES string of the molecule is CCC(CC(O)(C1CC1)C(F)(F)F)C(C)(C)C. The molecule has 0 aromatic heterocycles. The van der Waals surface area contributed by atoms with E-state index in [1.807, 2.05) is 27.7 Å². The standard InChI is InChI=1S/C13H23F3O/c1-5-9(11(2,3)4)8-12(17,10-6-7-10)13(14,15)16/h9-10,17H,5-8H2,1-4H3. The summed E-state index contributed by atoms with van der Waals surface area (Å²) in [5.41, 5.74) is -2.68. The maximum Gasteiger partial charge on any atom is 0.417 e. The summed E-state index contributed by atoms with van der Waals surface area (Å²) in [7, 11) is 0. The molecule has 0 spiro atoms. The van der Waals surface area contributed by atoms with Crippen molar-refractivity contribution < 1.29 is 18.3 Å². The molecule has 1 aliphatic rings. The van der Waals surface area contributed by atoms with Gasteiger partial charge < -0.3 is 5.11 Å². The van der Waals surface area contributed by atoms with Gasteiger partial charge in [0.15, 0.2) is 5.60 Å². The van der Waals surface area contributed by atoms with Crippen LogP contribution in [0.3, 0.4) is 0 Å². The minimum absolute atomic E-state index is 0.116. The van der Waals surface area contributed by atoms with Gasteiger partial charge in [-0.1, -0.05) is 34.1 Å². The Bertz CT molecular complexity index is 263. The molecule has 17 heavy (non-hydrogen) atoms. The van der Waals surface area contributed by atoms with E-state index in [-0.39, 0.29) is 17.8 Å². The molecule has 1 fully saturated rings. The largest absolute Gasteiger partial charge is 0.417 e. The Labute approximate surface area is 101 Å². The topological polar surface area (TPSA) is 20.2 Å². The lowest BCUT2D eigenvalue weighted by molar-refractivity contribution is -0.276. The summed E-state index contributed by atoms with van der Waals surface area (Å²) in [6.07, 6.45) is -3.02. The van der Waals surface area contributed by atoms with Crippen LogP contribution in [0.5, 0.6) is 0 Å². The molecule has 1 nitrogen and oxygen atoms in total. The Kier molecular flexibility index (Phi) is 3.88. The molecule has 0 aromatic rings. The third kappa shape index (κ3) is 3.15. The number of alkyl halides is 3. The van der Waals surface area contributed by atoms with Crippen LogP contribution in [-0.4, -0.2) is 16.9 Å². The highest BCUT2D eigenvalue weighted by Crippen LogP contribution is 2.53. The van der Waals surface area contributed by atoms with Crippen molar-refractivity contribution in [3.8, 4) is 0 Å². The van der Waals surface area contributed by atoms with Crippen LogP contribution in [0.2, 0.25) is 0 Å². The van der Waals surface area contributed by atoms with Crippen molar-refractivity contribution in [3.63, 3.8) is 0 Å². The number of halogens is 3. The minimum Gasteiger partial charge on any atom is -0.380 e. The van der Waals surface area contributed by atoms with Crippen LogP contribution in [0.4, 0.5) is 13.2 Å². The highest BCUT2D eigenvalue weighted by Gasteiger charge is 2.62. The first kappa shape index (κ1) is 14.8. The van der Waals surface area contributed by atoms with Gasteiger partial charge in [-0.2, -0.15) is 13.2 Å². The van der Waals surface area contributed by atoms with E-state index in [9.17, 15) is 18.3 Å². The number of rotatable bonds is 4. The average molecular weight is 252 g/mol. The summed E-state index contributed by atoms with van der Waals surface area (Å²) in [5, 5.41) is 10.0. The van der Waals surface area contributed by atoms with Crippen LogP contribution in [-0.2, 0) is 0 Å². The van der Waals surface area contributed by atoms with Gasteiger partial charge in [0.1, 0.15) is 0 Å². The monoisotopic (exact) mass is 252 g/mol. The van der Waals surface area contributed by atoms with Crippen molar-refractivity contribution in [2.24, 2.45) is 17.3 Å². The molecule has 0 heterocycles. The van der Waals surface area contributed by atoms with Crippen molar-refractivity contribution >= 4 is 0 Å². The Morgan fingerprint density at radius 1 is 1.18 bits per heavy atom. The summed E-state index contributed by atoms with van der Waals surface area (Å²) in [6, 6.07) is 0. The van der Waals surface area contributed by atoms with Crippen molar-refractivity contribution in [3.05, 3.63) is 0 Å². The Balaban J connectivity index is 2.87. The van der Waals surface area contributed by atoms with E-state index in [4.69, 9.17) is 0 Å².